The van der Waals surface area contributed by atoms with E-state index in [0.717, 1.165) is 18.8 Å². The molecule has 3 nitrogen and oxygen atoms in total. The van der Waals surface area contributed by atoms with Gasteiger partial charge in [-0.2, -0.15) is 5.26 Å². The van der Waals surface area contributed by atoms with Gasteiger partial charge in [-0.1, -0.05) is 41.5 Å². The first-order valence-corrected chi connectivity index (χ1v) is 7.54. The molecule has 2 heterocycles. The zero-order valence-electron chi connectivity index (χ0n) is 13.9. The van der Waals surface area contributed by atoms with Crippen LogP contribution in [0.25, 0.3) is 0 Å². The Bertz CT molecular complexity index is 506. The van der Waals surface area contributed by atoms with Gasteiger partial charge in [-0.05, 0) is 17.9 Å². The molecule has 0 aromatic heterocycles. The average molecular weight is 273 g/mol. The number of rotatable bonds is 0. The van der Waals surface area contributed by atoms with Gasteiger partial charge in [0, 0.05) is 24.1 Å². The van der Waals surface area contributed by atoms with Crippen LogP contribution in [0.5, 0.6) is 0 Å². The number of hydrogen-bond donors (Lipinski definition) is 0. The van der Waals surface area contributed by atoms with E-state index in [2.05, 4.69) is 59.4 Å². The molecule has 1 fully saturated rings. The minimum atomic E-state index is 0.0211. The average Bonchev–Trinajstić information content (AvgIpc) is 2.67. The molecule has 0 aromatic rings. The third-order valence-corrected chi connectivity index (χ3v) is 4.13. The Kier molecular flexibility index (Phi) is 3.48. The van der Waals surface area contributed by atoms with Gasteiger partial charge in [0.15, 0.2) is 0 Å². The van der Waals surface area contributed by atoms with Crippen LogP contribution in [0.1, 0.15) is 54.9 Å². The monoisotopic (exact) mass is 273 g/mol. The molecule has 2 rings (SSSR count). The lowest BCUT2D eigenvalue weighted by Gasteiger charge is -2.41. The topological polar surface area (TPSA) is 39.4 Å². The van der Waals surface area contributed by atoms with Crippen LogP contribution in [0.2, 0.25) is 0 Å². The number of fused-ring (bicyclic) bond motifs is 1. The molecule has 110 valence electrons. The van der Waals surface area contributed by atoms with E-state index >= 15 is 0 Å². The Morgan fingerprint density at radius 1 is 1.15 bits per heavy atom. The highest BCUT2D eigenvalue weighted by Crippen LogP contribution is 2.43. The molecule has 0 saturated carbocycles. The van der Waals surface area contributed by atoms with E-state index in [9.17, 15) is 5.26 Å². The lowest BCUT2D eigenvalue weighted by Crippen LogP contribution is -2.43. The third-order valence-electron chi connectivity index (χ3n) is 4.13. The number of allylic oxidation sites excluding steroid dienone is 1. The quantitative estimate of drug-likeness (QED) is 0.669. The number of hydrogen-bond acceptors (Lipinski definition) is 3. The van der Waals surface area contributed by atoms with Crippen molar-refractivity contribution in [3.05, 3.63) is 11.3 Å². The second-order valence-corrected chi connectivity index (χ2v) is 8.13. The minimum absolute atomic E-state index is 0.0211. The maximum Gasteiger partial charge on any atom is 0.109 e. The molecule has 0 unspecified atom stereocenters. The molecule has 0 spiro atoms. The van der Waals surface area contributed by atoms with E-state index in [1.807, 2.05) is 0 Å². The maximum atomic E-state index is 9.32. The first kappa shape index (κ1) is 15.1. The fourth-order valence-corrected chi connectivity index (χ4v) is 3.51. The third kappa shape index (κ3) is 2.49. The summed E-state index contributed by atoms with van der Waals surface area (Å²) in [6.07, 6.45) is 0.878. The van der Waals surface area contributed by atoms with Gasteiger partial charge in [0.25, 0.3) is 0 Å². The summed E-state index contributed by atoms with van der Waals surface area (Å²) in [6.45, 7) is 16.4. The molecule has 0 N–H and O–H groups in total. The van der Waals surface area contributed by atoms with Gasteiger partial charge in [0.1, 0.15) is 5.84 Å². The van der Waals surface area contributed by atoms with Crippen molar-refractivity contribution >= 4 is 5.84 Å². The molecule has 0 radical (unpaired) electrons. The summed E-state index contributed by atoms with van der Waals surface area (Å²) in [6, 6.07) is 2.66. The predicted molar refractivity (Wildman–Crippen MR) is 83.3 cm³/mol. The molecular formula is C17H27N3. The molecule has 0 aliphatic carbocycles. The number of nitrogens with zero attached hydrogens (tertiary/aromatic N) is 3. The highest BCUT2D eigenvalue weighted by Gasteiger charge is 2.42. The molecule has 20 heavy (non-hydrogen) atoms. The molecule has 0 aromatic carbocycles. The summed E-state index contributed by atoms with van der Waals surface area (Å²) < 4.78 is 0. The Morgan fingerprint density at radius 3 is 2.20 bits per heavy atom. The summed E-state index contributed by atoms with van der Waals surface area (Å²) in [5.41, 5.74) is 2.89. The highest BCUT2D eigenvalue weighted by molar-refractivity contribution is 5.90. The zero-order valence-corrected chi connectivity index (χ0v) is 13.9. The second-order valence-electron chi connectivity index (χ2n) is 8.13. The van der Waals surface area contributed by atoms with E-state index in [1.54, 1.807) is 0 Å². The van der Waals surface area contributed by atoms with Crippen molar-refractivity contribution in [2.24, 2.45) is 21.7 Å². The van der Waals surface area contributed by atoms with Crippen molar-refractivity contribution in [2.45, 2.75) is 60.9 Å². The molecule has 2 aliphatic rings. The standard InChI is InChI=1S/C17H27N3/c1-11-14(16(2,3)4)13-8-12(9-18)10-20(13)15(19-11)17(5,6)7/h11-12H,8,10H2,1-7H3/t11-,12+/m0/s1. The number of aliphatic imine (C=N–C) groups is 1. The Balaban J connectivity index is 2.54. The van der Waals surface area contributed by atoms with Gasteiger partial charge < -0.3 is 4.90 Å². The number of nitriles is 1. The summed E-state index contributed by atoms with van der Waals surface area (Å²) in [5, 5.41) is 9.32. The van der Waals surface area contributed by atoms with Crippen LogP contribution in [0.4, 0.5) is 0 Å². The smallest absolute Gasteiger partial charge is 0.109 e. The Labute approximate surface area is 123 Å². The van der Waals surface area contributed by atoms with Crippen molar-refractivity contribution < 1.29 is 0 Å². The fourth-order valence-electron chi connectivity index (χ4n) is 3.51. The minimum Gasteiger partial charge on any atom is -0.332 e. The first-order valence-electron chi connectivity index (χ1n) is 7.54. The summed E-state index contributed by atoms with van der Waals surface area (Å²) in [5.74, 6) is 1.24. The van der Waals surface area contributed by atoms with Crippen LogP contribution in [0.15, 0.2) is 16.3 Å². The SMILES string of the molecule is C[C@@H]1N=C(C(C)(C)C)N2C[C@@H](C#N)CC2=C1C(C)(C)C. The molecular weight excluding hydrogens is 246 g/mol. The van der Waals surface area contributed by atoms with E-state index in [0.29, 0.717) is 0 Å². The van der Waals surface area contributed by atoms with Crippen molar-refractivity contribution in [3.8, 4) is 6.07 Å². The Morgan fingerprint density at radius 2 is 1.75 bits per heavy atom. The first-order chi connectivity index (χ1) is 9.05. The Hall–Kier alpha value is -1.30. The lowest BCUT2D eigenvalue weighted by atomic mass is 9.79. The zero-order chi connectivity index (χ0) is 15.3. The van der Waals surface area contributed by atoms with Crippen molar-refractivity contribution in [3.63, 3.8) is 0 Å². The molecule has 0 amide bonds. The van der Waals surface area contributed by atoms with Crippen LogP contribution >= 0.6 is 0 Å². The van der Waals surface area contributed by atoms with Crippen LogP contribution < -0.4 is 0 Å². The summed E-state index contributed by atoms with van der Waals surface area (Å²) in [7, 11) is 0. The molecule has 1 saturated heterocycles. The lowest BCUT2D eigenvalue weighted by molar-refractivity contribution is 0.394. The highest BCUT2D eigenvalue weighted by atomic mass is 15.3. The maximum absolute atomic E-state index is 9.32. The van der Waals surface area contributed by atoms with E-state index < -0.39 is 0 Å². The number of amidine groups is 1. The molecule has 2 aliphatic heterocycles. The van der Waals surface area contributed by atoms with E-state index in [4.69, 9.17) is 4.99 Å². The predicted octanol–water partition coefficient (Wildman–Crippen LogP) is 3.98. The van der Waals surface area contributed by atoms with Crippen molar-refractivity contribution in [1.82, 2.24) is 4.90 Å². The van der Waals surface area contributed by atoms with Gasteiger partial charge in [0.2, 0.25) is 0 Å². The normalized spacial score (nSPS) is 27.3. The van der Waals surface area contributed by atoms with Gasteiger partial charge >= 0.3 is 0 Å². The van der Waals surface area contributed by atoms with Crippen LogP contribution in [-0.2, 0) is 0 Å². The van der Waals surface area contributed by atoms with Gasteiger partial charge in [-0.3, -0.25) is 4.99 Å². The summed E-state index contributed by atoms with van der Waals surface area (Å²) >= 11 is 0. The molecule has 3 heteroatoms. The van der Waals surface area contributed by atoms with Crippen LogP contribution in [0.3, 0.4) is 0 Å². The molecule has 2 atom stereocenters. The second kappa shape index (κ2) is 4.62. The van der Waals surface area contributed by atoms with Crippen LogP contribution in [0, 0.1) is 28.1 Å². The van der Waals surface area contributed by atoms with Crippen molar-refractivity contribution in [1.29, 1.82) is 5.26 Å². The van der Waals surface area contributed by atoms with Crippen molar-refractivity contribution in [2.75, 3.05) is 6.54 Å². The summed E-state index contributed by atoms with van der Waals surface area (Å²) in [4.78, 5) is 7.32. The largest absolute Gasteiger partial charge is 0.332 e. The fraction of sp³-hybridized carbons (Fsp3) is 0.765. The van der Waals surface area contributed by atoms with Gasteiger partial charge in [-0.15, -0.1) is 0 Å². The van der Waals surface area contributed by atoms with Gasteiger partial charge in [-0.25, -0.2) is 0 Å². The van der Waals surface area contributed by atoms with E-state index in [-0.39, 0.29) is 22.8 Å². The van der Waals surface area contributed by atoms with Crippen LogP contribution in [-0.4, -0.2) is 23.3 Å². The van der Waals surface area contributed by atoms with E-state index in [1.165, 1.54) is 11.3 Å². The molecule has 0 bridgehead atoms. The van der Waals surface area contributed by atoms with Gasteiger partial charge in [0.05, 0.1) is 18.0 Å².